The number of hydrogen-bond donors (Lipinski definition) is 0. The number of nitrogens with zero attached hydrogens (tertiary/aromatic N) is 3. The summed E-state index contributed by atoms with van der Waals surface area (Å²) in [5, 5.41) is 6.58. The molecule has 0 saturated heterocycles. The minimum absolute atomic E-state index is 0.00261. The summed E-state index contributed by atoms with van der Waals surface area (Å²) >= 11 is 1.35. The molecule has 0 aliphatic heterocycles. The largest absolute Gasteiger partial charge is 0.292 e. The van der Waals surface area contributed by atoms with E-state index in [2.05, 4.69) is 10.1 Å². The van der Waals surface area contributed by atoms with E-state index in [-0.39, 0.29) is 5.78 Å². The van der Waals surface area contributed by atoms with Crippen LogP contribution in [0.4, 0.5) is 0 Å². The zero-order valence-electron chi connectivity index (χ0n) is 7.89. The fourth-order valence-electron chi connectivity index (χ4n) is 1.10. The normalized spacial score (nSPS) is 10.4. The average Bonchev–Trinajstić information content (AvgIpc) is 2.70. The van der Waals surface area contributed by atoms with Crippen molar-refractivity contribution in [3.05, 3.63) is 22.7 Å². The summed E-state index contributed by atoms with van der Waals surface area (Å²) in [7, 11) is 1.85. The van der Waals surface area contributed by atoms with Crippen molar-refractivity contribution < 1.29 is 4.79 Å². The number of carbonyl (C=O) groups excluding carboxylic acids is 1. The van der Waals surface area contributed by atoms with Gasteiger partial charge in [-0.05, 0) is 6.07 Å². The predicted octanol–water partition coefficient (Wildman–Crippen LogP) is 1.75. The van der Waals surface area contributed by atoms with Crippen LogP contribution in [0.25, 0.3) is 11.4 Å². The van der Waals surface area contributed by atoms with E-state index in [9.17, 15) is 4.79 Å². The van der Waals surface area contributed by atoms with Crippen LogP contribution in [0.3, 0.4) is 0 Å². The van der Waals surface area contributed by atoms with Gasteiger partial charge in [0.1, 0.15) is 11.4 Å². The van der Waals surface area contributed by atoms with E-state index in [1.54, 1.807) is 4.68 Å². The molecule has 2 heterocycles. The second-order valence-electron chi connectivity index (χ2n) is 2.97. The molecule has 72 valence electrons. The molecule has 0 N–H and O–H groups in total. The van der Waals surface area contributed by atoms with Crippen LogP contribution < -0.4 is 0 Å². The second-order valence-corrected chi connectivity index (χ2v) is 3.83. The lowest BCUT2D eigenvalue weighted by atomic mass is 10.3. The van der Waals surface area contributed by atoms with Crippen LogP contribution in [0.15, 0.2) is 17.6 Å². The fraction of sp³-hybridized carbons (Fsp3) is 0.222. The van der Waals surface area contributed by atoms with E-state index in [1.807, 2.05) is 24.7 Å². The lowest BCUT2D eigenvalue weighted by Gasteiger charge is -1.87. The predicted molar refractivity (Wildman–Crippen MR) is 54.3 cm³/mol. The lowest BCUT2D eigenvalue weighted by Crippen LogP contribution is -1.91. The average molecular weight is 207 g/mol. The van der Waals surface area contributed by atoms with Gasteiger partial charge in [-0.15, -0.1) is 11.3 Å². The molecule has 0 amide bonds. The molecule has 0 saturated carbocycles. The van der Waals surface area contributed by atoms with E-state index in [4.69, 9.17) is 0 Å². The Morgan fingerprint density at radius 2 is 2.29 bits per heavy atom. The topological polar surface area (TPSA) is 47.8 Å². The van der Waals surface area contributed by atoms with Crippen molar-refractivity contribution >= 4 is 17.1 Å². The summed E-state index contributed by atoms with van der Waals surface area (Å²) in [5.41, 5.74) is 1.57. The molecule has 0 fully saturated rings. The van der Waals surface area contributed by atoms with Gasteiger partial charge in [-0.2, -0.15) is 5.10 Å². The Morgan fingerprint density at radius 1 is 1.50 bits per heavy atom. The van der Waals surface area contributed by atoms with Gasteiger partial charge in [0, 0.05) is 25.5 Å². The van der Waals surface area contributed by atoms with E-state index in [0.29, 0.717) is 5.01 Å². The first-order chi connectivity index (χ1) is 6.66. The maximum atomic E-state index is 11.0. The smallest absolute Gasteiger partial charge is 0.188 e. The molecule has 0 aliphatic rings. The summed E-state index contributed by atoms with van der Waals surface area (Å²) < 4.78 is 1.71. The summed E-state index contributed by atoms with van der Waals surface area (Å²) in [6.07, 6.45) is 1.85. The lowest BCUT2D eigenvalue weighted by molar-refractivity contribution is 0.101. The van der Waals surface area contributed by atoms with E-state index in [1.165, 1.54) is 18.3 Å². The Kier molecular flexibility index (Phi) is 2.17. The van der Waals surface area contributed by atoms with Gasteiger partial charge in [-0.3, -0.25) is 9.48 Å². The highest BCUT2D eigenvalue weighted by atomic mass is 32.1. The van der Waals surface area contributed by atoms with Crippen molar-refractivity contribution in [3.8, 4) is 11.4 Å². The molecule has 0 atom stereocenters. The van der Waals surface area contributed by atoms with Crippen LogP contribution in [0, 0.1) is 0 Å². The Balaban J connectivity index is 2.38. The maximum Gasteiger partial charge on any atom is 0.188 e. The van der Waals surface area contributed by atoms with Crippen molar-refractivity contribution in [2.75, 3.05) is 0 Å². The van der Waals surface area contributed by atoms with Gasteiger partial charge in [0.25, 0.3) is 0 Å². The molecule has 2 aromatic rings. The fourth-order valence-corrected chi connectivity index (χ4v) is 1.82. The summed E-state index contributed by atoms with van der Waals surface area (Å²) in [6, 6.07) is 1.87. The molecule has 0 bridgehead atoms. The van der Waals surface area contributed by atoms with Crippen LogP contribution in [-0.4, -0.2) is 20.5 Å². The van der Waals surface area contributed by atoms with E-state index < -0.39 is 0 Å². The molecule has 2 rings (SSSR count). The zero-order chi connectivity index (χ0) is 10.1. The molecule has 14 heavy (non-hydrogen) atoms. The van der Waals surface area contributed by atoms with Gasteiger partial charge < -0.3 is 0 Å². The van der Waals surface area contributed by atoms with E-state index >= 15 is 0 Å². The number of aromatic nitrogens is 3. The first-order valence-electron chi connectivity index (χ1n) is 4.13. The molecule has 0 aliphatic carbocycles. The minimum atomic E-state index is -0.00261. The first-order valence-corrected chi connectivity index (χ1v) is 5.01. The highest BCUT2D eigenvalue weighted by molar-refractivity contribution is 7.12. The Labute approximate surface area is 85.2 Å². The number of rotatable bonds is 2. The van der Waals surface area contributed by atoms with Crippen LogP contribution >= 0.6 is 11.3 Å². The number of Topliss-reactive ketones (excluding diaryl/α,β-unsaturated/α-hetero) is 1. The van der Waals surface area contributed by atoms with Crippen LogP contribution in [0.2, 0.25) is 0 Å². The van der Waals surface area contributed by atoms with Crippen molar-refractivity contribution in [1.82, 2.24) is 14.8 Å². The standard InChI is InChI=1S/C9H9N3OS/c1-6(13)9-10-8(5-14-9)7-3-4-12(2)11-7/h3-5H,1-2H3. The van der Waals surface area contributed by atoms with Crippen molar-refractivity contribution in [2.24, 2.45) is 7.05 Å². The third-order valence-electron chi connectivity index (χ3n) is 1.78. The molecular formula is C9H9N3OS. The molecule has 5 heteroatoms. The highest BCUT2D eigenvalue weighted by Crippen LogP contribution is 2.19. The number of ketones is 1. The number of hydrogen-bond acceptors (Lipinski definition) is 4. The molecule has 2 aromatic heterocycles. The first kappa shape index (κ1) is 9.08. The molecule has 0 spiro atoms. The third-order valence-corrected chi connectivity index (χ3v) is 2.72. The minimum Gasteiger partial charge on any atom is -0.292 e. The van der Waals surface area contributed by atoms with Crippen LogP contribution in [0.5, 0.6) is 0 Å². The van der Waals surface area contributed by atoms with Crippen LogP contribution in [0.1, 0.15) is 16.7 Å². The van der Waals surface area contributed by atoms with Gasteiger partial charge in [-0.25, -0.2) is 4.98 Å². The molecular weight excluding hydrogens is 198 g/mol. The number of thiazole rings is 1. The SMILES string of the molecule is CC(=O)c1nc(-c2ccn(C)n2)cs1. The molecule has 0 unspecified atom stereocenters. The van der Waals surface area contributed by atoms with Gasteiger partial charge in [0.2, 0.25) is 0 Å². The van der Waals surface area contributed by atoms with Crippen molar-refractivity contribution in [2.45, 2.75) is 6.92 Å². The Hall–Kier alpha value is -1.49. The second kappa shape index (κ2) is 3.34. The molecule has 0 radical (unpaired) electrons. The molecule has 4 nitrogen and oxygen atoms in total. The number of aryl methyl sites for hydroxylation is 1. The highest BCUT2D eigenvalue weighted by Gasteiger charge is 2.09. The van der Waals surface area contributed by atoms with Gasteiger partial charge in [0.05, 0.1) is 0 Å². The molecule has 0 aromatic carbocycles. The maximum absolute atomic E-state index is 11.0. The zero-order valence-corrected chi connectivity index (χ0v) is 8.71. The van der Waals surface area contributed by atoms with Gasteiger partial charge >= 0.3 is 0 Å². The monoisotopic (exact) mass is 207 g/mol. The van der Waals surface area contributed by atoms with Crippen molar-refractivity contribution in [3.63, 3.8) is 0 Å². The van der Waals surface area contributed by atoms with Crippen molar-refractivity contribution in [1.29, 1.82) is 0 Å². The number of carbonyl (C=O) groups is 1. The van der Waals surface area contributed by atoms with Gasteiger partial charge in [0.15, 0.2) is 10.8 Å². The van der Waals surface area contributed by atoms with E-state index in [0.717, 1.165) is 11.4 Å². The summed E-state index contributed by atoms with van der Waals surface area (Å²) in [4.78, 5) is 15.2. The third kappa shape index (κ3) is 1.58. The Morgan fingerprint density at radius 3 is 2.79 bits per heavy atom. The Bertz CT molecular complexity index is 472. The van der Waals surface area contributed by atoms with Crippen LogP contribution in [-0.2, 0) is 7.05 Å². The quantitative estimate of drug-likeness (QED) is 0.705. The van der Waals surface area contributed by atoms with Gasteiger partial charge in [-0.1, -0.05) is 0 Å². The summed E-state index contributed by atoms with van der Waals surface area (Å²) in [6.45, 7) is 1.51. The summed E-state index contributed by atoms with van der Waals surface area (Å²) in [5.74, 6) is -0.00261.